The summed E-state index contributed by atoms with van der Waals surface area (Å²) in [6.07, 6.45) is 0. The third-order valence-corrected chi connectivity index (χ3v) is 5.45. The number of hydrogen-bond donors (Lipinski definition) is 1. The average molecular weight is 428 g/mol. The Morgan fingerprint density at radius 1 is 0.875 bits per heavy atom. The van der Waals surface area contributed by atoms with Crippen LogP contribution in [0.3, 0.4) is 0 Å². The highest BCUT2D eigenvalue weighted by Crippen LogP contribution is 2.30. The molecule has 0 bridgehead atoms. The number of ether oxygens (including phenoxy) is 1. The monoisotopic (exact) mass is 428 g/mol. The van der Waals surface area contributed by atoms with E-state index in [-0.39, 0.29) is 29.8 Å². The van der Waals surface area contributed by atoms with E-state index in [0.717, 1.165) is 21.8 Å². The van der Waals surface area contributed by atoms with Gasteiger partial charge in [-0.3, -0.25) is 14.4 Å². The van der Waals surface area contributed by atoms with Crippen molar-refractivity contribution in [1.82, 2.24) is 5.32 Å². The largest absolute Gasteiger partial charge is 0.491 e. The van der Waals surface area contributed by atoms with E-state index in [4.69, 9.17) is 4.74 Å². The van der Waals surface area contributed by atoms with Crippen LogP contribution in [0.4, 0.5) is 5.69 Å². The highest BCUT2D eigenvalue weighted by molar-refractivity contribution is 6.35. The van der Waals surface area contributed by atoms with Gasteiger partial charge in [0, 0.05) is 0 Å². The molecule has 6 nitrogen and oxygen atoms in total. The van der Waals surface area contributed by atoms with Crippen LogP contribution in [-0.2, 0) is 0 Å². The number of fused-ring (bicyclic) bond motifs is 1. The summed E-state index contributed by atoms with van der Waals surface area (Å²) in [5.41, 5.74) is 3.24. The lowest BCUT2D eigenvalue weighted by atomic mass is 10.1. The molecule has 0 spiro atoms. The van der Waals surface area contributed by atoms with E-state index >= 15 is 0 Å². The number of aryl methyl sites for hydroxylation is 2. The lowest BCUT2D eigenvalue weighted by Crippen LogP contribution is -2.38. The number of rotatable bonds is 6. The summed E-state index contributed by atoms with van der Waals surface area (Å²) in [5, 5.41) is 2.91. The van der Waals surface area contributed by atoms with Crippen LogP contribution in [0.25, 0.3) is 0 Å². The summed E-state index contributed by atoms with van der Waals surface area (Å²) in [6, 6.07) is 18.9. The quantitative estimate of drug-likeness (QED) is 0.594. The Kier molecular flexibility index (Phi) is 5.77. The number of hydrogen-bond acceptors (Lipinski definition) is 4. The number of anilines is 1. The van der Waals surface area contributed by atoms with Crippen LogP contribution in [0, 0.1) is 13.8 Å². The fourth-order valence-corrected chi connectivity index (χ4v) is 3.85. The SMILES string of the molecule is Cc1cccc(C)c1OCC(C)NC(=O)c1ccccc1N1C(=O)c2ccccc2C1=O. The fourth-order valence-electron chi connectivity index (χ4n) is 3.85. The first-order valence-electron chi connectivity index (χ1n) is 10.4. The highest BCUT2D eigenvalue weighted by atomic mass is 16.5. The van der Waals surface area contributed by atoms with Gasteiger partial charge in [0.25, 0.3) is 17.7 Å². The van der Waals surface area contributed by atoms with Gasteiger partial charge >= 0.3 is 0 Å². The van der Waals surface area contributed by atoms with E-state index < -0.39 is 11.8 Å². The molecule has 0 aliphatic carbocycles. The average Bonchev–Trinajstić information content (AvgIpc) is 3.03. The van der Waals surface area contributed by atoms with E-state index in [1.165, 1.54) is 0 Å². The molecule has 0 saturated heterocycles. The smallest absolute Gasteiger partial charge is 0.266 e. The van der Waals surface area contributed by atoms with Gasteiger partial charge in [-0.05, 0) is 56.2 Å². The van der Waals surface area contributed by atoms with E-state index in [0.29, 0.717) is 11.1 Å². The molecule has 1 aliphatic heterocycles. The number of amides is 3. The van der Waals surface area contributed by atoms with Crippen molar-refractivity contribution in [1.29, 1.82) is 0 Å². The Balaban J connectivity index is 1.51. The zero-order chi connectivity index (χ0) is 22.8. The molecular weight excluding hydrogens is 404 g/mol. The molecule has 1 unspecified atom stereocenters. The second kappa shape index (κ2) is 8.67. The fraction of sp³-hybridized carbons (Fsp3) is 0.192. The predicted molar refractivity (Wildman–Crippen MR) is 122 cm³/mol. The van der Waals surface area contributed by atoms with Gasteiger partial charge in [-0.25, -0.2) is 4.90 Å². The molecule has 3 aromatic carbocycles. The lowest BCUT2D eigenvalue weighted by Gasteiger charge is -2.20. The number of imide groups is 1. The zero-order valence-electron chi connectivity index (χ0n) is 18.2. The zero-order valence-corrected chi connectivity index (χ0v) is 18.2. The first-order chi connectivity index (χ1) is 15.4. The summed E-state index contributed by atoms with van der Waals surface area (Å²) in [4.78, 5) is 39.9. The van der Waals surface area contributed by atoms with Gasteiger partial charge in [0.05, 0.1) is 28.4 Å². The first kappa shape index (κ1) is 21.3. The van der Waals surface area contributed by atoms with Gasteiger partial charge in [-0.1, -0.05) is 42.5 Å². The normalized spacial score (nSPS) is 13.7. The van der Waals surface area contributed by atoms with Gasteiger partial charge in [-0.2, -0.15) is 0 Å². The molecule has 32 heavy (non-hydrogen) atoms. The second-order valence-electron chi connectivity index (χ2n) is 7.91. The van der Waals surface area contributed by atoms with Crippen molar-refractivity contribution in [2.24, 2.45) is 0 Å². The minimum Gasteiger partial charge on any atom is -0.491 e. The van der Waals surface area contributed by atoms with Crippen LogP contribution >= 0.6 is 0 Å². The molecule has 1 heterocycles. The molecule has 0 aromatic heterocycles. The van der Waals surface area contributed by atoms with Gasteiger partial charge in [0.1, 0.15) is 12.4 Å². The minimum atomic E-state index is -0.433. The van der Waals surface area contributed by atoms with E-state index in [1.807, 2.05) is 39.0 Å². The maximum atomic E-state index is 13.0. The van der Waals surface area contributed by atoms with Crippen molar-refractivity contribution in [3.05, 3.63) is 94.5 Å². The summed E-state index contributed by atoms with van der Waals surface area (Å²) >= 11 is 0. The van der Waals surface area contributed by atoms with Crippen molar-refractivity contribution in [3.8, 4) is 5.75 Å². The van der Waals surface area contributed by atoms with Crippen LogP contribution in [-0.4, -0.2) is 30.4 Å². The standard InChI is InChI=1S/C26H24N2O4/c1-16-9-8-10-17(2)23(16)32-15-18(3)27-24(29)21-13-6-7-14-22(21)28-25(30)19-11-4-5-12-20(19)26(28)31/h4-14,18H,15H2,1-3H3,(H,27,29). The first-order valence-corrected chi connectivity index (χ1v) is 10.4. The maximum Gasteiger partial charge on any atom is 0.266 e. The number of nitrogens with one attached hydrogen (secondary N) is 1. The topological polar surface area (TPSA) is 75.7 Å². The third kappa shape index (κ3) is 3.87. The Morgan fingerprint density at radius 3 is 2.06 bits per heavy atom. The van der Waals surface area contributed by atoms with Crippen LogP contribution in [0.5, 0.6) is 5.75 Å². The van der Waals surface area contributed by atoms with Crippen LogP contribution in [0.15, 0.2) is 66.7 Å². The Labute approximate surface area is 186 Å². The second-order valence-corrected chi connectivity index (χ2v) is 7.91. The number of carbonyl (C=O) groups is 3. The number of para-hydroxylation sites is 2. The molecule has 1 atom stereocenters. The Hall–Kier alpha value is -3.93. The Bertz CT molecular complexity index is 1160. The van der Waals surface area contributed by atoms with Crippen molar-refractivity contribution in [2.75, 3.05) is 11.5 Å². The molecule has 0 fully saturated rings. The van der Waals surface area contributed by atoms with Gasteiger partial charge < -0.3 is 10.1 Å². The van der Waals surface area contributed by atoms with Crippen LogP contribution in [0.1, 0.15) is 49.1 Å². The van der Waals surface area contributed by atoms with Crippen LogP contribution < -0.4 is 15.0 Å². The number of carbonyl (C=O) groups excluding carboxylic acids is 3. The van der Waals surface area contributed by atoms with Crippen molar-refractivity contribution >= 4 is 23.4 Å². The van der Waals surface area contributed by atoms with Crippen LogP contribution in [0.2, 0.25) is 0 Å². The lowest BCUT2D eigenvalue weighted by molar-refractivity contribution is 0.0925. The maximum absolute atomic E-state index is 13.0. The summed E-state index contributed by atoms with van der Waals surface area (Å²) in [7, 11) is 0. The molecule has 0 saturated carbocycles. The molecule has 6 heteroatoms. The summed E-state index contributed by atoms with van der Waals surface area (Å²) in [6.45, 7) is 6.08. The van der Waals surface area contributed by atoms with Crippen molar-refractivity contribution < 1.29 is 19.1 Å². The molecule has 0 radical (unpaired) electrons. The molecular formula is C26H24N2O4. The highest BCUT2D eigenvalue weighted by Gasteiger charge is 2.38. The van der Waals surface area contributed by atoms with E-state index in [1.54, 1.807) is 48.5 Å². The van der Waals surface area contributed by atoms with E-state index in [2.05, 4.69) is 5.32 Å². The molecule has 3 amide bonds. The number of nitrogens with zero attached hydrogens (tertiary/aromatic N) is 1. The Morgan fingerprint density at radius 2 is 1.44 bits per heavy atom. The summed E-state index contributed by atoms with van der Waals surface area (Å²) in [5.74, 6) is -0.440. The number of benzene rings is 3. The molecule has 162 valence electrons. The van der Waals surface area contributed by atoms with E-state index in [9.17, 15) is 14.4 Å². The molecule has 1 N–H and O–H groups in total. The minimum absolute atomic E-state index is 0.251. The van der Waals surface area contributed by atoms with Crippen molar-refractivity contribution in [3.63, 3.8) is 0 Å². The predicted octanol–water partition coefficient (Wildman–Crippen LogP) is 4.30. The van der Waals surface area contributed by atoms with Gasteiger partial charge in [0.2, 0.25) is 0 Å². The molecule has 1 aliphatic rings. The summed E-state index contributed by atoms with van der Waals surface area (Å²) < 4.78 is 5.94. The van der Waals surface area contributed by atoms with Crippen molar-refractivity contribution in [2.45, 2.75) is 26.8 Å². The molecule has 3 aromatic rings. The van der Waals surface area contributed by atoms with Gasteiger partial charge in [-0.15, -0.1) is 0 Å². The van der Waals surface area contributed by atoms with Gasteiger partial charge in [0.15, 0.2) is 0 Å². The molecule has 4 rings (SSSR count). The third-order valence-electron chi connectivity index (χ3n) is 5.45.